The van der Waals surface area contributed by atoms with Crippen molar-refractivity contribution in [3.8, 4) is 0 Å². The van der Waals surface area contributed by atoms with Crippen LogP contribution < -0.4 is 0 Å². The van der Waals surface area contributed by atoms with Crippen molar-refractivity contribution in [1.29, 1.82) is 0 Å². The lowest BCUT2D eigenvalue weighted by Crippen LogP contribution is -2.40. The van der Waals surface area contributed by atoms with E-state index in [9.17, 15) is 4.79 Å². The molecule has 64 valence electrons. The molecular weight excluding hydrogens is 146 g/mol. The molecule has 1 amide bonds. The Morgan fingerprint density at radius 1 is 1.73 bits per heavy atom. The normalized spacial score (nSPS) is 27.1. The van der Waals surface area contributed by atoms with Crippen LogP contribution in [0.2, 0.25) is 0 Å². The summed E-state index contributed by atoms with van der Waals surface area (Å²) < 4.78 is 0. The van der Waals surface area contributed by atoms with Gasteiger partial charge in [-0.25, -0.2) is 4.79 Å². The van der Waals surface area contributed by atoms with Crippen LogP contribution in [0.3, 0.4) is 0 Å². The predicted octanol–water partition coefficient (Wildman–Crippen LogP) is 0.510. The molecule has 1 saturated heterocycles. The van der Waals surface area contributed by atoms with Crippen molar-refractivity contribution >= 4 is 6.09 Å². The van der Waals surface area contributed by atoms with Crippen molar-refractivity contribution in [2.24, 2.45) is 0 Å². The molecule has 0 aromatic rings. The van der Waals surface area contributed by atoms with Crippen molar-refractivity contribution < 1.29 is 15.0 Å². The molecule has 1 rings (SSSR count). The number of carbonyl (C=O) groups is 1. The molecule has 1 aliphatic rings. The largest absolute Gasteiger partial charge is 0.465 e. The fourth-order valence-corrected chi connectivity index (χ4v) is 1.53. The number of aliphatic hydroxyl groups is 1. The third kappa shape index (κ3) is 1.63. The average Bonchev–Trinajstić information content (AvgIpc) is 2.32. The molecule has 4 nitrogen and oxygen atoms in total. The van der Waals surface area contributed by atoms with Crippen LogP contribution in [-0.4, -0.2) is 39.9 Å². The second kappa shape index (κ2) is 3.09. The number of amides is 1. The first kappa shape index (κ1) is 8.33. The quantitative estimate of drug-likeness (QED) is 0.586. The topological polar surface area (TPSA) is 60.8 Å². The highest BCUT2D eigenvalue weighted by molar-refractivity contribution is 5.65. The lowest BCUT2D eigenvalue weighted by atomic mass is 10.1. The molecule has 0 aromatic heterocycles. The summed E-state index contributed by atoms with van der Waals surface area (Å²) in [7, 11) is 0. The van der Waals surface area contributed by atoms with Gasteiger partial charge in [-0.15, -0.1) is 0 Å². The first-order valence-electron chi connectivity index (χ1n) is 3.80. The third-order valence-electron chi connectivity index (χ3n) is 2.10. The van der Waals surface area contributed by atoms with Crippen molar-refractivity contribution in [2.45, 2.75) is 31.9 Å². The van der Waals surface area contributed by atoms with Crippen molar-refractivity contribution in [3.05, 3.63) is 0 Å². The van der Waals surface area contributed by atoms with Gasteiger partial charge in [0.2, 0.25) is 0 Å². The lowest BCUT2D eigenvalue weighted by molar-refractivity contribution is 0.0782. The number of aliphatic hydroxyl groups excluding tert-OH is 1. The minimum Gasteiger partial charge on any atom is -0.465 e. The molecular formula is C7H13NO3. The maximum atomic E-state index is 10.5. The Morgan fingerprint density at radius 2 is 2.36 bits per heavy atom. The van der Waals surface area contributed by atoms with Gasteiger partial charge in [-0.1, -0.05) is 0 Å². The summed E-state index contributed by atoms with van der Waals surface area (Å²) in [6.07, 6.45) is 0.174. The van der Waals surface area contributed by atoms with E-state index in [2.05, 4.69) is 0 Å². The van der Waals surface area contributed by atoms with E-state index >= 15 is 0 Å². The summed E-state index contributed by atoms with van der Waals surface area (Å²) in [6, 6.07) is -0.188. The van der Waals surface area contributed by atoms with E-state index in [1.54, 1.807) is 6.92 Å². The van der Waals surface area contributed by atoms with Gasteiger partial charge in [0.25, 0.3) is 0 Å². The summed E-state index contributed by atoms with van der Waals surface area (Å²) in [5.41, 5.74) is 0. The summed E-state index contributed by atoms with van der Waals surface area (Å²) in [5, 5.41) is 17.8. The van der Waals surface area contributed by atoms with E-state index in [0.29, 0.717) is 6.54 Å². The highest BCUT2D eigenvalue weighted by atomic mass is 16.4. The molecule has 1 heterocycles. The molecule has 2 atom stereocenters. The Bertz CT molecular complexity index is 158. The average molecular weight is 159 g/mol. The van der Waals surface area contributed by atoms with E-state index in [-0.39, 0.29) is 6.04 Å². The predicted molar refractivity (Wildman–Crippen MR) is 39.4 cm³/mol. The molecule has 0 radical (unpaired) electrons. The number of hydrogen-bond donors (Lipinski definition) is 2. The SMILES string of the molecule is C[C@H](O)C1CCCN1C(=O)O. The Hall–Kier alpha value is -0.770. The van der Waals surface area contributed by atoms with Gasteiger partial charge in [-0.3, -0.25) is 0 Å². The van der Waals surface area contributed by atoms with Gasteiger partial charge in [-0.2, -0.15) is 0 Å². The van der Waals surface area contributed by atoms with Crippen LogP contribution in [0.15, 0.2) is 0 Å². The van der Waals surface area contributed by atoms with Gasteiger partial charge in [-0.05, 0) is 19.8 Å². The molecule has 4 heteroatoms. The fourth-order valence-electron chi connectivity index (χ4n) is 1.53. The van der Waals surface area contributed by atoms with Crippen LogP contribution in [0.5, 0.6) is 0 Å². The number of nitrogens with zero attached hydrogens (tertiary/aromatic N) is 1. The molecule has 2 N–H and O–H groups in total. The van der Waals surface area contributed by atoms with E-state index in [4.69, 9.17) is 10.2 Å². The Labute approximate surface area is 65.4 Å². The minimum atomic E-state index is -0.923. The second-order valence-corrected chi connectivity index (χ2v) is 2.93. The minimum absolute atomic E-state index is 0.188. The van der Waals surface area contributed by atoms with E-state index in [1.165, 1.54) is 4.90 Å². The van der Waals surface area contributed by atoms with Crippen molar-refractivity contribution in [2.75, 3.05) is 6.54 Å². The maximum absolute atomic E-state index is 10.5. The highest BCUT2D eigenvalue weighted by Crippen LogP contribution is 2.19. The van der Waals surface area contributed by atoms with E-state index < -0.39 is 12.2 Å². The Kier molecular flexibility index (Phi) is 2.34. The van der Waals surface area contributed by atoms with Crippen LogP contribution >= 0.6 is 0 Å². The van der Waals surface area contributed by atoms with Crippen LogP contribution in [0, 0.1) is 0 Å². The zero-order valence-corrected chi connectivity index (χ0v) is 6.53. The molecule has 0 aliphatic carbocycles. The monoisotopic (exact) mass is 159 g/mol. The van der Waals surface area contributed by atoms with Crippen LogP contribution in [0.25, 0.3) is 0 Å². The lowest BCUT2D eigenvalue weighted by Gasteiger charge is -2.23. The summed E-state index contributed by atoms with van der Waals surface area (Å²) in [5.74, 6) is 0. The molecule has 1 fully saturated rings. The van der Waals surface area contributed by atoms with Crippen molar-refractivity contribution in [3.63, 3.8) is 0 Å². The molecule has 1 unspecified atom stereocenters. The second-order valence-electron chi connectivity index (χ2n) is 2.93. The maximum Gasteiger partial charge on any atom is 0.407 e. The van der Waals surface area contributed by atoms with E-state index in [1.807, 2.05) is 0 Å². The summed E-state index contributed by atoms with van der Waals surface area (Å²) in [4.78, 5) is 11.8. The first-order chi connectivity index (χ1) is 5.13. The Balaban J connectivity index is 2.58. The molecule has 11 heavy (non-hydrogen) atoms. The van der Waals surface area contributed by atoms with Gasteiger partial charge in [0.05, 0.1) is 12.1 Å². The van der Waals surface area contributed by atoms with Gasteiger partial charge < -0.3 is 15.1 Å². The van der Waals surface area contributed by atoms with Gasteiger partial charge in [0, 0.05) is 6.54 Å². The zero-order valence-electron chi connectivity index (χ0n) is 6.53. The highest BCUT2D eigenvalue weighted by Gasteiger charge is 2.31. The first-order valence-corrected chi connectivity index (χ1v) is 3.80. The fraction of sp³-hybridized carbons (Fsp3) is 0.857. The number of carboxylic acid groups (broad SMARTS) is 1. The number of likely N-dealkylation sites (tertiary alicyclic amines) is 1. The molecule has 0 aromatic carbocycles. The molecule has 0 spiro atoms. The molecule has 0 bridgehead atoms. The number of rotatable bonds is 1. The van der Waals surface area contributed by atoms with Gasteiger partial charge >= 0.3 is 6.09 Å². The van der Waals surface area contributed by atoms with Crippen LogP contribution in [0.1, 0.15) is 19.8 Å². The Morgan fingerprint density at radius 3 is 2.73 bits per heavy atom. The standard InChI is InChI=1S/C7H13NO3/c1-5(9)6-3-2-4-8(6)7(10)11/h5-6,9H,2-4H2,1H3,(H,10,11)/t5-,6?/m0/s1. The third-order valence-corrected chi connectivity index (χ3v) is 2.10. The summed E-state index contributed by atoms with van der Waals surface area (Å²) >= 11 is 0. The smallest absolute Gasteiger partial charge is 0.407 e. The molecule has 1 aliphatic heterocycles. The zero-order chi connectivity index (χ0) is 8.43. The van der Waals surface area contributed by atoms with Crippen LogP contribution in [0.4, 0.5) is 4.79 Å². The molecule has 0 saturated carbocycles. The van der Waals surface area contributed by atoms with Crippen molar-refractivity contribution in [1.82, 2.24) is 4.90 Å². The number of hydrogen-bond acceptors (Lipinski definition) is 2. The van der Waals surface area contributed by atoms with Gasteiger partial charge in [0.15, 0.2) is 0 Å². The summed E-state index contributed by atoms with van der Waals surface area (Å²) in [6.45, 7) is 2.19. The van der Waals surface area contributed by atoms with Gasteiger partial charge in [0.1, 0.15) is 0 Å². The van der Waals surface area contributed by atoms with E-state index in [0.717, 1.165) is 12.8 Å². The van der Waals surface area contributed by atoms with Crippen LogP contribution in [-0.2, 0) is 0 Å².